The average molecular weight is 364 g/mol. The summed E-state index contributed by atoms with van der Waals surface area (Å²) in [5, 5.41) is 3.26. The number of hydrogen-bond donors (Lipinski definition) is 1. The van der Waals surface area contributed by atoms with Crippen molar-refractivity contribution < 1.29 is 9.59 Å². The second-order valence-electron chi connectivity index (χ2n) is 8.54. The average Bonchev–Trinajstić information content (AvgIpc) is 2.69. The molecule has 0 spiro atoms. The number of rotatable bonds is 5. The van der Waals surface area contributed by atoms with E-state index in [9.17, 15) is 9.59 Å². The van der Waals surface area contributed by atoms with E-state index in [1.165, 1.54) is 38.6 Å². The molecule has 1 aliphatic carbocycles. The molecule has 3 rings (SSSR count). The third-order valence-corrected chi connectivity index (χ3v) is 6.60. The van der Waals surface area contributed by atoms with Gasteiger partial charge in [0.2, 0.25) is 11.8 Å². The van der Waals surface area contributed by atoms with Gasteiger partial charge in [0.15, 0.2) is 0 Å². The van der Waals surface area contributed by atoms with Crippen LogP contribution in [0.5, 0.6) is 0 Å². The summed E-state index contributed by atoms with van der Waals surface area (Å²) in [4.78, 5) is 29.3. The van der Waals surface area contributed by atoms with Gasteiger partial charge in [-0.15, -0.1) is 0 Å². The van der Waals surface area contributed by atoms with Crippen LogP contribution < -0.4 is 5.32 Å². The molecule has 1 unspecified atom stereocenters. The van der Waals surface area contributed by atoms with Crippen LogP contribution in [0.1, 0.15) is 77.6 Å². The fourth-order valence-electron chi connectivity index (χ4n) is 5.00. The smallest absolute Gasteiger partial charge is 0.243 e. The standard InChI is InChI=1S/C21H37N3O2/c1-2-20(25)24-13-7-6-10-19(24)21(26)22-18-11-14-23(15-12-18)16-17-8-4-3-5-9-17/h17-19H,2-16H2,1H3,(H,22,26). The monoisotopic (exact) mass is 363 g/mol. The molecule has 2 saturated heterocycles. The van der Waals surface area contributed by atoms with Gasteiger partial charge in [0.1, 0.15) is 6.04 Å². The van der Waals surface area contributed by atoms with Crippen molar-refractivity contribution in [2.24, 2.45) is 5.92 Å². The maximum Gasteiger partial charge on any atom is 0.243 e. The van der Waals surface area contributed by atoms with Crippen LogP contribution in [0.4, 0.5) is 0 Å². The second-order valence-corrected chi connectivity index (χ2v) is 8.54. The Hall–Kier alpha value is -1.10. The summed E-state index contributed by atoms with van der Waals surface area (Å²) in [5.41, 5.74) is 0. The summed E-state index contributed by atoms with van der Waals surface area (Å²) in [5.74, 6) is 1.09. The van der Waals surface area contributed by atoms with Gasteiger partial charge in [-0.25, -0.2) is 0 Å². The van der Waals surface area contributed by atoms with E-state index in [0.29, 0.717) is 6.42 Å². The Bertz CT molecular complexity index is 468. The molecule has 26 heavy (non-hydrogen) atoms. The van der Waals surface area contributed by atoms with E-state index in [-0.39, 0.29) is 23.9 Å². The lowest BCUT2D eigenvalue weighted by molar-refractivity contribution is -0.142. The summed E-state index contributed by atoms with van der Waals surface area (Å²) in [7, 11) is 0. The number of nitrogens with zero attached hydrogens (tertiary/aromatic N) is 2. The zero-order valence-corrected chi connectivity index (χ0v) is 16.5. The van der Waals surface area contributed by atoms with Crippen molar-refractivity contribution in [3.63, 3.8) is 0 Å². The van der Waals surface area contributed by atoms with Crippen LogP contribution in [0, 0.1) is 5.92 Å². The molecule has 0 aromatic carbocycles. The highest BCUT2D eigenvalue weighted by atomic mass is 16.2. The first-order valence-electron chi connectivity index (χ1n) is 11.0. The molecule has 5 heteroatoms. The normalized spacial score (nSPS) is 26.7. The predicted octanol–water partition coefficient (Wildman–Crippen LogP) is 2.94. The number of piperidine rings is 2. The summed E-state index contributed by atoms with van der Waals surface area (Å²) in [6.07, 6.45) is 12.5. The Labute approximate surface area is 158 Å². The lowest BCUT2D eigenvalue weighted by Gasteiger charge is -2.38. The molecule has 3 fully saturated rings. The van der Waals surface area contributed by atoms with Gasteiger partial charge in [-0.1, -0.05) is 26.2 Å². The van der Waals surface area contributed by atoms with E-state index in [1.54, 1.807) is 0 Å². The van der Waals surface area contributed by atoms with Gasteiger partial charge >= 0.3 is 0 Å². The summed E-state index contributed by atoms with van der Waals surface area (Å²) in [6, 6.07) is 0.0436. The molecule has 1 atom stereocenters. The Morgan fingerprint density at radius 2 is 1.58 bits per heavy atom. The Balaban J connectivity index is 1.43. The van der Waals surface area contributed by atoms with Crippen molar-refractivity contribution in [2.45, 2.75) is 89.6 Å². The zero-order valence-electron chi connectivity index (χ0n) is 16.5. The minimum absolute atomic E-state index is 0.0808. The lowest BCUT2D eigenvalue weighted by Crippen LogP contribution is -2.55. The van der Waals surface area contributed by atoms with Crippen molar-refractivity contribution in [3.05, 3.63) is 0 Å². The summed E-state index contributed by atoms with van der Waals surface area (Å²) < 4.78 is 0. The number of hydrogen-bond acceptors (Lipinski definition) is 3. The number of likely N-dealkylation sites (tertiary alicyclic amines) is 2. The fourth-order valence-corrected chi connectivity index (χ4v) is 5.00. The predicted molar refractivity (Wildman–Crippen MR) is 104 cm³/mol. The molecule has 0 aromatic heterocycles. The Kier molecular flexibility index (Phi) is 7.35. The van der Waals surface area contributed by atoms with E-state index in [1.807, 2.05) is 11.8 Å². The van der Waals surface area contributed by atoms with Crippen molar-refractivity contribution >= 4 is 11.8 Å². The van der Waals surface area contributed by atoms with Crippen LogP contribution in [0.2, 0.25) is 0 Å². The van der Waals surface area contributed by atoms with Gasteiger partial charge in [0.05, 0.1) is 0 Å². The molecule has 148 valence electrons. The van der Waals surface area contributed by atoms with Crippen LogP contribution >= 0.6 is 0 Å². The maximum atomic E-state index is 12.8. The van der Waals surface area contributed by atoms with E-state index in [4.69, 9.17) is 0 Å². The molecule has 1 saturated carbocycles. The summed E-state index contributed by atoms with van der Waals surface area (Å²) >= 11 is 0. The van der Waals surface area contributed by atoms with Crippen molar-refractivity contribution in [3.8, 4) is 0 Å². The highest BCUT2D eigenvalue weighted by Gasteiger charge is 2.33. The van der Waals surface area contributed by atoms with E-state index < -0.39 is 0 Å². The third kappa shape index (κ3) is 5.21. The summed E-state index contributed by atoms with van der Waals surface area (Å²) in [6.45, 7) is 6.08. The van der Waals surface area contributed by atoms with Crippen LogP contribution in [0.25, 0.3) is 0 Å². The molecule has 2 aliphatic heterocycles. The van der Waals surface area contributed by atoms with Gasteiger partial charge in [0.25, 0.3) is 0 Å². The van der Waals surface area contributed by atoms with Crippen LogP contribution in [-0.2, 0) is 9.59 Å². The Morgan fingerprint density at radius 1 is 0.885 bits per heavy atom. The third-order valence-electron chi connectivity index (χ3n) is 6.60. The molecule has 1 N–H and O–H groups in total. The number of nitrogens with one attached hydrogen (secondary N) is 1. The van der Waals surface area contributed by atoms with Gasteiger partial charge < -0.3 is 15.1 Å². The number of carbonyl (C=O) groups excluding carboxylic acids is 2. The molecule has 5 nitrogen and oxygen atoms in total. The minimum Gasteiger partial charge on any atom is -0.351 e. The van der Waals surface area contributed by atoms with Crippen molar-refractivity contribution in [1.29, 1.82) is 0 Å². The highest BCUT2D eigenvalue weighted by molar-refractivity contribution is 5.88. The first-order valence-corrected chi connectivity index (χ1v) is 11.0. The molecular formula is C21H37N3O2. The lowest BCUT2D eigenvalue weighted by atomic mass is 9.88. The van der Waals surface area contributed by atoms with Gasteiger partial charge in [-0.05, 0) is 50.9 Å². The topological polar surface area (TPSA) is 52.7 Å². The first-order chi connectivity index (χ1) is 12.7. The minimum atomic E-state index is -0.239. The Morgan fingerprint density at radius 3 is 2.27 bits per heavy atom. The number of amides is 2. The highest BCUT2D eigenvalue weighted by Crippen LogP contribution is 2.25. The SMILES string of the molecule is CCC(=O)N1CCCCC1C(=O)NC1CCN(CC2CCCCC2)CC1. The molecule has 0 aromatic rings. The second kappa shape index (κ2) is 9.72. The van der Waals surface area contributed by atoms with Gasteiger partial charge in [-0.2, -0.15) is 0 Å². The van der Waals surface area contributed by atoms with E-state index in [2.05, 4.69) is 10.2 Å². The van der Waals surface area contributed by atoms with Crippen LogP contribution in [-0.4, -0.2) is 59.9 Å². The molecule has 3 aliphatic rings. The van der Waals surface area contributed by atoms with Crippen molar-refractivity contribution in [2.75, 3.05) is 26.2 Å². The van der Waals surface area contributed by atoms with Gasteiger partial charge in [-0.3, -0.25) is 9.59 Å². The molecule has 2 amide bonds. The fraction of sp³-hybridized carbons (Fsp3) is 0.905. The van der Waals surface area contributed by atoms with Crippen molar-refractivity contribution in [1.82, 2.24) is 15.1 Å². The van der Waals surface area contributed by atoms with Crippen LogP contribution in [0.15, 0.2) is 0 Å². The van der Waals surface area contributed by atoms with Crippen LogP contribution in [0.3, 0.4) is 0 Å². The molecule has 0 bridgehead atoms. The van der Waals surface area contributed by atoms with E-state index in [0.717, 1.165) is 57.7 Å². The molecule has 0 radical (unpaired) electrons. The van der Waals surface area contributed by atoms with Gasteiger partial charge in [0, 0.05) is 38.6 Å². The quantitative estimate of drug-likeness (QED) is 0.817. The van der Waals surface area contributed by atoms with E-state index >= 15 is 0 Å². The molecular weight excluding hydrogens is 326 g/mol. The molecule has 2 heterocycles. The maximum absolute atomic E-state index is 12.8. The first kappa shape index (κ1) is 19.7. The zero-order chi connectivity index (χ0) is 18.4. The number of carbonyl (C=O) groups is 2. The largest absolute Gasteiger partial charge is 0.351 e.